The average Bonchev–Trinajstić information content (AvgIpc) is 1.00. The minimum Gasteiger partial charge on any atom is -0.158 e. The van der Waals surface area contributed by atoms with Crippen molar-refractivity contribution in [2.75, 3.05) is 0 Å². The van der Waals surface area contributed by atoms with Crippen molar-refractivity contribution in [1.82, 2.24) is 0 Å². The van der Waals surface area contributed by atoms with E-state index < -0.39 is 0 Å². The molecule has 1 atom stereocenters. The topological polar surface area (TPSA) is 0 Å². The molecule has 0 bridgehead atoms. The van der Waals surface area contributed by atoms with Crippen molar-refractivity contribution >= 4 is 18.7 Å². The average molecular weight is 286 g/mol. The fourth-order valence-electron chi connectivity index (χ4n) is 0. The molecule has 0 aromatic rings. The minimum absolute atomic E-state index is 0. The Morgan fingerprint density at radius 3 is 0.833 bits per heavy atom. The molecule has 0 N–H and O–H groups in total. The van der Waals surface area contributed by atoms with Crippen LogP contribution >= 0.6 is 8.79 Å². The molecule has 0 aromatic carbocycles. The number of hydrogen-bond acceptors (Lipinski definition) is 0. The predicted molar refractivity (Wildman–Crippen MR) is 18.3 cm³/mol. The molecule has 0 heterocycles. The SMILES string of the molecule is [Fe].[Fe].[Fe].[Mn].[SiH2]P. The molecule has 6 heteroatoms. The molecule has 0 aliphatic carbocycles. The van der Waals surface area contributed by atoms with E-state index in [1.54, 1.807) is 9.91 Å². The van der Waals surface area contributed by atoms with E-state index in [1.807, 2.05) is 0 Å². The zero-order valence-corrected chi connectivity index (χ0v) is 9.78. The van der Waals surface area contributed by atoms with Crippen LogP contribution in [0, 0.1) is 0 Å². The van der Waals surface area contributed by atoms with Crippen molar-refractivity contribution in [2.24, 2.45) is 0 Å². The van der Waals surface area contributed by atoms with E-state index in [9.17, 15) is 0 Å². The third-order valence-corrected chi connectivity index (χ3v) is 0. The normalized spacial score (nSPS) is 1.00. The van der Waals surface area contributed by atoms with Crippen molar-refractivity contribution in [2.45, 2.75) is 0 Å². The van der Waals surface area contributed by atoms with E-state index in [0.717, 1.165) is 0 Å². The maximum Gasteiger partial charge on any atom is 0.0340 e. The van der Waals surface area contributed by atoms with E-state index >= 15 is 0 Å². The quantitative estimate of drug-likeness (QED) is 0.412. The van der Waals surface area contributed by atoms with Gasteiger partial charge in [0, 0.05) is 78.2 Å². The van der Waals surface area contributed by atoms with Crippen molar-refractivity contribution in [3.63, 3.8) is 0 Å². The first-order valence-corrected chi connectivity index (χ1v) is 3.67. The van der Waals surface area contributed by atoms with Gasteiger partial charge in [0.25, 0.3) is 0 Å². The van der Waals surface area contributed by atoms with Gasteiger partial charge < -0.3 is 0 Å². The van der Waals surface area contributed by atoms with Gasteiger partial charge in [0.05, 0.1) is 0 Å². The van der Waals surface area contributed by atoms with E-state index in [1.165, 1.54) is 0 Å². The smallest absolute Gasteiger partial charge is 0.0340 e. The van der Waals surface area contributed by atoms with Gasteiger partial charge in [-0.2, -0.15) is 8.79 Å². The van der Waals surface area contributed by atoms with Crippen LogP contribution in [0.25, 0.3) is 0 Å². The van der Waals surface area contributed by atoms with E-state index in [0.29, 0.717) is 0 Å². The molecule has 0 fully saturated rings. The molecule has 0 rings (SSSR count). The number of rotatable bonds is 0. The summed E-state index contributed by atoms with van der Waals surface area (Å²) in [6.07, 6.45) is 0. The monoisotopic (exact) mass is 286 g/mol. The molecule has 0 spiro atoms. The van der Waals surface area contributed by atoms with Crippen LogP contribution in [0.4, 0.5) is 0 Å². The van der Waals surface area contributed by atoms with Gasteiger partial charge in [0.1, 0.15) is 0 Å². The molecular formula is H4Fe3MnPSi. The fourth-order valence-corrected chi connectivity index (χ4v) is 0. The first kappa shape index (κ1) is 37.5. The van der Waals surface area contributed by atoms with Gasteiger partial charge in [-0.3, -0.25) is 0 Å². The van der Waals surface area contributed by atoms with Gasteiger partial charge in [0.2, 0.25) is 0 Å². The van der Waals surface area contributed by atoms with Crippen LogP contribution in [0.5, 0.6) is 0 Å². The van der Waals surface area contributed by atoms with Crippen molar-refractivity contribution in [3.8, 4) is 0 Å². The summed E-state index contributed by atoms with van der Waals surface area (Å²) in [5.74, 6) is 0. The Morgan fingerprint density at radius 1 is 0.833 bits per heavy atom. The van der Waals surface area contributed by atoms with Crippen LogP contribution in [0.3, 0.4) is 0 Å². The Balaban J connectivity index is -0.000000000833. The van der Waals surface area contributed by atoms with E-state index in [-0.39, 0.29) is 68.3 Å². The molecule has 0 aliphatic heterocycles. The van der Waals surface area contributed by atoms with Gasteiger partial charge in [-0.25, -0.2) is 0 Å². The fraction of sp³-hybridized carbons (Fsp3) is 0. The molecule has 6 heavy (non-hydrogen) atoms. The second kappa shape index (κ2) is 47.1. The maximum atomic E-state index is 2.44. The summed E-state index contributed by atoms with van der Waals surface area (Å²) in [5, 5.41) is 0. The predicted octanol–water partition coefficient (Wildman–Crippen LogP) is -0.600. The van der Waals surface area contributed by atoms with Crippen molar-refractivity contribution in [3.05, 3.63) is 0 Å². The standard InChI is InChI=1S/3Fe.Mn.H4PSi/c;;;;1-2/h;;;;1-2H2. The van der Waals surface area contributed by atoms with Gasteiger partial charge >= 0.3 is 0 Å². The van der Waals surface area contributed by atoms with E-state index in [4.69, 9.17) is 0 Å². The molecule has 2 radical (unpaired) electrons. The van der Waals surface area contributed by atoms with Crippen LogP contribution in [-0.2, 0) is 68.3 Å². The molecule has 44 valence electrons. The minimum atomic E-state index is 0. The van der Waals surface area contributed by atoms with E-state index in [2.05, 4.69) is 8.79 Å². The summed E-state index contributed by atoms with van der Waals surface area (Å²) in [6, 6.07) is 0. The van der Waals surface area contributed by atoms with Gasteiger partial charge in [-0.15, -0.1) is 0 Å². The summed E-state index contributed by atoms with van der Waals surface area (Å²) in [6.45, 7) is 0. The molecular weight excluding hydrogens is 282 g/mol. The van der Waals surface area contributed by atoms with Crippen molar-refractivity contribution in [1.29, 1.82) is 0 Å². The largest absolute Gasteiger partial charge is 0.158 e. The second-order valence-corrected chi connectivity index (χ2v) is 0. The Bertz CT molecular complexity index is 10.8. The Morgan fingerprint density at radius 2 is 0.833 bits per heavy atom. The summed E-state index contributed by atoms with van der Waals surface area (Å²) in [7, 11) is 4.22. The molecule has 0 aliphatic rings. The molecule has 0 amide bonds. The summed E-state index contributed by atoms with van der Waals surface area (Å²) in [5.41, 5.74) is 0. The van der Waals surface area contributed by atoms with Crippen LogP contribution < -0.4 is 0 Å². The first-order valence-electron chi connectivity index (χ1n) is 0.408. The third-order valence-electron chi connectivity index (χ3n) is 0. The second-order valence-electron chi connectivity index (χ2n) is 0. The summed E-state index contributed by atoms with van der Waals surface area (Å²) >= 11 is 0. The molecule has 0 aromatic heterocycles. The zero-order valence-electron chi connectivity index (χ0n) is 2.72. The third kappa shape index (κ3) is 29.7. The van der Waals surface area contributed by atoms with Crippen LogP contribution in [0.1, 0.15) is 0 Å². The van der Waals surface area contributed by atoms with Crippen LogP contribution in [-0.4, -0.2) is 9.91 Å². The van der Waals surface area contributed by atoms with Crippen molar-refractivity contribution < 1.29 is 68.3 Å². The molecule has 1 unspecified atom stereocenters. The van der Waals surface area contributed by atoms with Gasteiger partial charge in [-0.05, 0) is 0 Å². The summed E-state index contributed by atoms with van der Waals surface area (Å²) in [4.78, 5) is 0. The maximum absolute atomic E-state index is 2.44. The molecule has 0 nitrogen and oxygen atoms in total. The molecule has 0 saturated carbocycles. The molecule has 0 saturated heterocycles. The summed E-state index contributed by atoms with van der Waals surface area (Å²) < 4.78 is 0. The first-order chi connectivity index (χ1) is 1.00. The number of hydrogen-bond donors (Lipinski definition) is 0. The van der Waals surface area contributed by atoms with Crippen LogP contribution in [0.2, 0.25) is 0 Å². The van der Waals surface area contributed by atoms with Gasteiger partial charge in [0.15, 0.2) is 0 Å². The Kier molecular flexibility index (Phi) is 294. The zero-order chi connectivity index (χ0) is 2.00. The van der Waals surface area contributed by atoms with Gasteiger partial charge in [-0.1, -0.05) is 0 Å². The Hall–Kier alpha value is 2.72. The van der Waals surface area contributed by atoms with Crippen LogP contribution in [0.15, 0.2) is 0 Å². The Labute approximate surface area is 86.1 Å².